The molecule has 0 spiro atoms. The predicted molar refractivity (Wildman–Crippen MR) is 97.9 cm³/mol. The zero-order chi connectivity index (χ0) is 17.8. The summed E-state index contributed by atoms with van der Waals surface area (Å²) in [7, 11) is 5.49. The first kappa shape index (κ1) is 16.3. The topological polar surface area (TPSA) is 41.9 Å². The van der Waals surface area contributed by atoms with Crippen molar-refractivity contribution in [1.29, 1.82) is 0 Å². The molecule has 1 aromatic rings. The molecule has 132 valence electrons. The van der Waals surface area contributed by atoms with Gasteiger partial charge in [-0.3, -0.25) is 4.90 Å². The van der Waals surface area contributed by atoms with Gasteiger partial charge in [0.05, 0.1) is 14.2 Å². The van der Waals surface area contributed by atoms with Gasteiger partial charge in [-0.15, -0.1) is 6.58 Å². The van der Waals surface area contributed by atoms with Gasteiger partial charge in [-0.25, -0.2) is 0 Å². The van der Waals surface area contributed by atoms with Gasteiger partial charge in [0, 0.05) is 22.9 Å². The zero-order valence-corrected chi connectivity index (χ0v) is 15.1. The van der Waals surface area contributed by atoms with Crippen LogP contribution in [0.3, 0.4) is 0 Å². The molecule has 2 aliphatic carbocycles. The number of piperidine rings is 1. The molecule has 1 aliphatic heterocycles. The highest BCUT2D eigenvalue weighted by Crippen LogP contribution is 2.59. The minimum Gasteiger partial charge on any atom is -0.504 e. The minimum atomic E-state index is -0.314. The lowest BCUT2D eigenvalue weighted by Crippen LogP contribution is -2.57. The van der Waals surface area contributed by atoms with Crippen molar-refractivity contribution in [2.24, 2.45) is 5.92 Å². The van der Waals surface area contributed by atoms with Crippen LogP contribution in [0, 0.1) is 5.92 Å². The summed E-state index contributed by atoms with van der Waals surface area (Å²) in [6.45, 7) is 5.08. The number of fused-ring (bicyclic) bond motifs is 1. The Kier molecular flexibility index (Phi) is 3.69. The first-order valence-electron chi connectivity index (χ1n) is 8.76. The number of nitrogens with zero attached hydrogens (tertiary/aromatic N) is 1. The lowest BCUT2D eigenvalue weighted by molar-refractivity contribution is 0.122. The Balaban J connectivity index is 2.05. The third-order valence-corrected chi connectivity index (χ3v) is 6.31. The summed E-state index contributed by atoms with van der Waals surface area (Å²) in [6.07, 6.45) is 8.04. The Morgan fingerprint density at radius 2 is 2.08 bits per heavy atom. The third kappa shape index (κ3) is 1.97. The molecule has 25 heavy (non-hydrogen) atoms. The molecule has 0 saturated carbocycles. The van der Waals surface area contributed by atoms with Crippen LogP contribution in [0.5, 0.6) is 11.5 Å². The van der Waals surface area contributed by atoms with Gasteiger partial charge in [0.1, 0.15) is 5.76 Å². The van der Waals surface area contributed by atoms with Gasteiger partial charge in [0.25, 0.3) is 0 Å². The van der Waals surface area contributed by atoms with E-state index in [1.165, 1.54) is 11.1 Å². The van der Waals surface area contributed by atoms with Crippen molar-refractivity contribution in [3.05, 3.63) is 59.4 Å². The number of hydrogen-bond acceptors (Lipinski definition) is 4. The molecule has 3 unspecified atom stereocenters. The van der Waals surface area contributed by atoms with E-state index in [2.05, 4.69) is 36.7 Å². The van der Waals surface area contributed by atoms with Crippen molar-refractivity contribution in [3.8, 4) is 11.5 Å². The Labute approximate surface area is 149 Å². The van der Waals surface area contributed by atoms with E-state index in [1.807, 2.05) is 12.1 Å². The second-order valence-electron chi connectivity index (χ2n) is 7.18. The Morgan fingerprint density at radius 1 is 1.28 bits per heavy atom. The number of likely N-dealkylation sites (tertiary alicyclic amines) is 1. The maximum absolute atomic E-state index is 11.1. The summed E-state index contributed by atoms with van der Waals surface area (Å²) in [4.78, 5) is 2.42. The largest absolute Gasteiger partial charge is 0.504 e. The van der Waals surface area contributed by atoms with Crippen LogP contribution in [0.4, 0.5) is 0 Å². The Bertz CT molecular complexity index is 795. The summed E-state index contributed by atoms with van der Waals surface area (Å²) >= 11 is 0. The molecule has 4 nitrogen and oxygen atoms in total. The first-order chi connectivity index (χ1) is 12.1. The van der Waals surface area contributed by atoms with E-state index in [0.29, 0.717) is 11.8 Å². The van der Waals surface area contributed by atoms with Crippen LogP contribution >= 0.6 is 0 Å². The van der Waals surface area contributed by atoms with E-state index >= 15 is 0 Å². The van der Waals surface area contributed by atoms with Gasteiger partial charge in [-0.2, -0.15) is 0 Å². The number of benzene rings is 1. The zero-order valence-electron chi connectivity index (χ0n) is 15.1. The predicted octanol–water partition coefficient (Wildman–Crippen LogP) is 3.17. The SMILES string of the molecule is C=CC1C(OC)=CC=C2C3Cc4ccc(OC)c(O)c4C21CCN3C. The van der Waals surface area contributed by atoms with Gasteiger partial charge in [-0.1, -0.05) is 18.2 Å². The molecular weight excluding hydrogens is 314 g/mol. The molecule has 1 N–H and O–H groups in total. The highest BCUT2D eigenvalue weighted by Gasteiger charge is 2.56. The van der Waals surface area contributed by atoms with Crippen molar-refractivity contribution in [2.45, 2.75) is 24.3 Å². The lowest BCUT2D eigenvalue weighted by Gasteiger charge is -2.56. The highest BCUT2D eigenvalue weighted by molar-refractivity contribution is 5.63. The number of likely N-dealkylation sites (N-methyl/N-ethyl adjacent to an activating group) is 1. The molecule has 1 saturated heterocycles. The standard InChI is InChI=1S/C21H25NO3/c1-5-14-17(24-3)9-7-15-16-12-13-6-8-18(25-4)20(23)19(13)21(14,15)10-11-22(16)2/h5-9,14,16,23H,1,10-12H2,2-4H3. The fraction of sp³-hybridized carbons (Fsp3) is 0.429. The number of ether oxygens (including phenoxy) is 2. The van der Waals surface area contributed by atoms with Crippen molar-refractivity contribution in [3.63, 3.8) is 0 Å². The number of phenols is 1. The van der Waals surface area contributed by atoms with Gasteiger partial charge in [0.2, 0.25) is 0 Å². The van der Waals surface area contributed by atoms with Gasteiger partial charge >= 0.3 is 0 Å². The minimum absolute atomic E-state index is 0.00533. The third-order valence-electron chi connectivity index (χ3n) is 6.31. The molecular formula is C21H25NO3. The second-order valence-corrected chi connectivity index (χ2v) is 7.18. The summed E-state index contributed by atoms with van der Waals surface area (Å²) in [5.74, 6) is 1.70. The Hall–Kier alpha value is -2.20. The molecule has 0 aromatic heterocycles. The van der Waals surface area contributed by atoms with E-state index in [-0.39, 0.29) is 17.1 Å². The maximum atomic E-state index is 11.1. The fourth-order valence-corrected chi connectivity index (χ4v) is 5.16. The number of methoxy groups -OCH3 is 2. The van der Waals surface area contributed by atoms with Crippen LogP contribution in [0.25, 0.3) is 0 Å². The summed E-state index contributed by atoms with van der Waals surface area (Å²) in [5.41, 5.74) is 3.22. The van der Waals surface area contributed by atoms with Crippen molar-refractivity contribution in [1.82, 2.24) is 4.90 Å². The Morgan fingerprint density at radius 3 is 2.76 bits per heavy atom. The van der Waals surface area contributed by atoms with E-state index in [9.17, 15) is 5.11 Å². The van der Waals surface area contributed by atoms with Crippen molar-refractivity contribution in [2.75, 3.05) is 27.8 Å². The van der Waals surface area contributed by atoms with Crippen LogP contribution in [-0.4, -0.2) is 43.9 Å². The molecule has 4 heteroatoms. The molecule has 3 atom stereocenters. The van der Waals surface area contributed by atoms with E-state index in [0.717, 1.165) is 30.7 Å². The molecule has 3 aliphatic rings. The van der Waals surface area contributed by atoms with Gasteiger partial charge < -0.3 is 14.6 Å². The molecule has 0 radical (unpaired) electrons. The molecule has 1 heterocycles. The number of rotatable bonds is 3. The van der Waals surface area contributed by atoms with Crippen LogP contribution < -0.4 is 4.74 Å². The van der Waals surface area contributed by atoms with E-state index in [4.69, 9.17) is 9.47 Å². The van der Waals surface area contributed by atoms with Crippen molar-refractivity contribution >= 4 is 0 Å². The fourth-order valence-electron chi connectivity index (χ4n) is 5.16. The molecule has 0 amide bonds. The van der Waals surface area contributed by atoms with Crippen LogP contribution in [0.15, 0.2) is 48.3 Å². The lowest BCUT2D eigenvalue weighted by atomic mass is 9.53. The summed E-state index contributed by atoms with van der Waals surface area (Å²) in [5, 5.41) is 11.1. The smallest absolute Gasteiger partial charge is 0.162 e. The summed E-state index contributed by atoms with van der Waals surface area (Å²) < 4.78 is 11.1. The van der Waals surface area contributed by atoms with Crippen molar-refractivity contribution < 1.29 is 14.6 Å². The van der Waals surface area contributed by atoms with Crippen LogP contribution in [0.1, 0.15) is 17.5 Å². The average Bonchev–Trinajstić information content (AvgIpc) is 2.63. The molecule has 1 aromatic carbocycles. The second kappa shape index (κ2) is 5.67. The summed E-state index contributed by atoms with van der Waals surface area (Å²) in [6, 6.07) is 4.31. The number of aromatic hydroxyl groups is 1. The number of hydrogen-bond donors (Lipinski definition) is 1. The van der Waals surface area contributed by atoms with Gasteiger partial charge in [-0.05, 0) is 49.7 Å². The number of phenolic OH excluding ortho intramolecular Hbond substituents is 1. The maximum Gasteiger partial charge on any atom is 0.162 e. The first-order valence-corrected chi connectivity index (χ1v) is 8.76. The average molecular weight is 339 g/mol. The molecule has 1 fully saturated rings. The van der Waals surface area contributed by atoms with Crippen LogP contribution in [0.2, 0.25) is 0 Å². The quantitative estimate of drug-likeness (QED) is 0.859. The van der Waals surface area contributed by atoms with Crippen LogP contribution in [-0.2, 0) is 16.6 Å². The molecule has 2 bridgehead atoms. The van der Waals surface area contributed by atoms with E-state index < -0.39 is 0 Å². The normalized spacial score (nSPS) is 30.5. The number of allylic oxidation sites excluding steroid dienone is 3. The monoisotopic (exact) mass is 339 g/mol. The van der Waals surface area contributed by atoms with Gasteiger partial charge in [0.15, 0.2) is 11.5 Å². The van der Waals surface area contributed by atoms with E-state index in [1.54, 1.807) is 14.2 Å². The molecule has 4 rings (SSSR count). The highest BCUT2D eigenvalue weighted by atomic mass is 16.5.